The molecule has 0 saturated carbocycles. The topological polar surface area (TPSA) is 54.8 Å². The van der Waals surface area contributed by atoms with E-state index < -0.39 is 0 Å². The van der Waals surface area contributed by atoms with Crippen LogP contribution in [-0.2, 0) is 7.05 Å². The van der Waals surface area contributed by atoms with E-state index in [9.17, 15) is 0 Å². The molecule has 0 amide bonds. The van der Waals surface area contributed by atoms with Crippen LogP contribution >= 0.6 is 0 Å². The van der Waals surface area contributed by atoms with Gasteiger partial charge in [-0.25, -0.2) is 9.97 Å². The summed E-state index contributed by atoms with van der Waals surface area (Å²) in [6, 6.07) is 8.80. The second kappa shape index (κ2) is 6.09. The highest BCUT2D eigenvalue weighted by molar-refractivity contribution is 5.88. The third-order valence-corrected chi connectivity index (χ3v) is 4.60. The number of benzene rings is 1. The summed E-state index contributed by atoms with van der Waals surface area (Å²) in [6.45, 7) is 5.22. The van der Waals surface area contributed by atoms with Crippen LogP contribution in [0.15, 0.2) is 55.3 Å². The first kappa shape index (κ1) is 14.9. The van der Waals surface area contributed by atoms with Gasteiger partial charge in [0.2, 0.25) is 0 Å². The zero-order chi connectivity index (χ0) is 16.5. The molecule has 1 fully saturated rings. The van der Waals surface area contributed by atoms with Gasteiger partial charge in [0.1, 0.15) is 5.82 Å². The van der Waals surface area contributed by atoms with E-state index in [1.807, 2.05) is 30.3 Å². The highest BCUT2D eigenvalue weighted by Gasteiger charge is 2.17. The summed E-state index contributed by atoms with van der Waals surface area (Å²) >= 11 is 0. The minimum atomic E-state index is 0.336. The molecule has 0 bridgehead atoms. The Kier molecular flexibility index (Phi) is 3.78. The molecular weight excluding hydrogens is 298 g/mol. The lowest BCUT2D eigenvalue weighted by Gasteiger charge is -2.16. The van der Waals surface area contributed by atoms with Crippen LogP contribution in [-0.4, -0.2) is 27.1 Å². The molecule has 0 radical (unpaired) electrons. The molecule has 1 aliphatic heterocycles. The number of hydrogen-bond acceptors (Lipinski definition) is 4. The van der Waals surface area contributed by atoms with Crippen LogP contribution in [0.3, 0.4) is 0 Å². The molecule has 3 aromatic rings. The summed E-state index contributed by atoms with van der Waals surface area (Å²) in [5, 5.41) is 9.08. The predicted octanol–water partition coefficient (Wildman–Crippen LogP) is 3.31. The molecule has 3 heterocycles. The standard InChI is InChI=1S/C19H21N5/c1-13(17-4-3-7-21-17)23-19-9-16-8-14(5-6-15(16)10-22-19)18-11-20-12-24(18)2/h5-6,8-12,17,21H,1,3-4,7H2,2H3,(H,22,23). The van der Waals surface area contributed by atoms with Crippen molar-refractivity contribution in [3.8, 4) is 11.3 Å². The Morgan fingerprint density at radius 2 is 2.21 bits per heavy atom. The highest BCUT2D eigenvalue weighted by Crippen LogP contribution is 2.25. The van der Waals surface area contributed by atoms with Crippen LogP contribution in [0.2, 0.25) is 0 Å². The smallest absolute Gasteiger partial charge is 0.130 e. The van der Waals surface area contributed by atoms with E-state index in [1.54, 1.807) is 0 Å². The Balaban J connectivity index is 1.64. The normalized spacial score (nSPS) is 17.3. The first-order valence-electron chi connectivity index (χ1n) is 8.26. The van der Waals surface area contributed by atoms with Crippen LogP contribution in [0, 0.1) is 0 Å². The van der Waals surface area contributed by atoms with E-state index >= 15 is 0 Å². The fourth-order valence-corrected chi connectivity index (χ4v) is 3.24. The number of aryl methyl sites for hydroxylation is 1. The van der Waals surface area contributed by atoms with E-state index in [0.29, 0.717) is 6.04 Å². The van der Waals surface area contributed by atoms with Gasteiger partial charge in [-0.2, -0.15) is 0 Å². The zero-order valence-electron chi connectivity index (χ0n) is 13.8. The summed E-state index contributed by atoms with van der Waals surface area (Å²) in [6.07, 6.45) is 7.93. The summed E-state index contributed by atoms with van der Waals surface area (Å²) in [7, 11) is 2.00. The average Bonchev–Trinajstić information content (AvgIpc) is 3.25. The molecule has 122 valence electrons. The number of pyridine rings is 1. The van der Waals surface area contributed by atoms with E-state index in [0.717, 1.165) is 46.5 Å². The third kappa shape index (κ3) is 2.78. The van der Waals surface area contributed by atoms with E-state index in [2.05, 4.69) is 51.4 Å². The highest BCUT2D eigenvalue weighted by atomic mass is 15.1. The van der Waals surface area contributed by atoms with Gasteiger partial charge in [-0.3, -0.25) is 0 Å². The van der Waals surface area contributed by atoms with E-state index in [1.165, 1.54) is 6.42 Å². The number of nitrogens with one attached hydrogen (secondary N) is 2. The molecule has 4 rings (SSSR count). The third-order valence-electron chi connectivity index (χ3n) is 4.60. The van der Waals surface area contributed by atoms with Crippen LogP contribution in [0.5, 0.6) is 0 Å². The van der Waals surface area contributed by atoms with Crippen molar-refractivity contribution in [2.75, 3.05) is 11.9 Å². The van der Waals surface area contributed by atoms with Crippen molar-refractivity contribution in [3.63, 3.8) is 0 Å². The zero-order valence-corrected chi connectivity index (χ0v) is 13.8. The summed E-state index contributed by atoms with van der Waals surface area (Å²) in [5.74, 6) is 0.836. The molecular formula is C19H21N5. The van der Waals surface area contributed by atoms with Crippen molar-refractivity contribution >= 4 is 16.6 Å². The second-order valence-corrected chi connectivity index (χ2v) is 6.32. The summed E-state index contributed by atoms with van der Waals surface area (Å²) in [5.41, 5.74) is 3.24. The lowest BCUT2D eigenvalue weighted by molar-refractivity contribution is 0.694. The maximum Gasteiger partial charge on any atom is 0.130 e. The summed E-state index contributed by atoms with van der Waals surface area (Å²) < 4.78 is 2.02. The maximum absolute atomic E-state index is 4.51. The molecule has 1 aliphatic rings. The molecule has 1 unspecified atom stereocenters. The Morgan fingerprint density at radius 3 is 2.96 bits per heavy atom. The van der Waals surface area contributed by atoms with Gasteiger partial charge in [0.25, 0.3) is 0 Å². The summed E-state index contributed by atoms with van der Waals surface area (Å²) in [4.78, 5) is 8.71. The molecule has 1 atom stereocenters. The van der Waals surface area contributed by atoms with Crippen LogP contribution in [0.1, 0.15) is 12.8 Å². The van der Waals surface area contributed by atoms with Crippen molar-refractivity contribution in [3.05, 3.63) is 55.3 Å². The Bertz CT molecular complexity index is 890. The van der Waals surface area contributed by atoms with Gasteiger partial charge >= 0.3 is 0 Å². The van der Waals surface area contributed by atoms with Crippen LogP contribution in [0.25, 0.3) is 22.0 Å². The minimum absolute atomic E-state index is 0.336. The fraction of sp³-hybridized carbons (Fsp3) is 0.263. The first-order chi connectivity index (χ1) is 11.7. The number of nitrogens with zero attached hydrogens (tertiary/aromatic N) is 3. The van der Waals surface area contributed by atoms with Gasteiger partial charge < -0.3 is 15.2 Å². The first-order valence-corrected chi connectivity index (χ1v) is 8.26. The molecule has 24 heavy (non-hydrogen) atoms. The van der Waals surface area contributed by atoms with Crippen LogP contribution < -0.4 is 10.6 Å². The Hall–Kier alpha value is -2.66. The predicted molar refractivity (Wildman–Crippen MR) is 97.7 cm³/mol. The van der Waals surface area contributed by atoms with Gasteiger partial charge in [0.15, 0.2) is 0 Å². The molecule has 0 aliphatic carbocycles. The number of aromatic nitrogens is 3. The second-order valence-electron chi connectivity index (χ2n) is 6.32. The van der Waals surface area contributed by atoms with Crippen LogP contribution in [0.4, 0.5) is 5.82 Å². The molecule has 5 nitrogen and oxygen atoms in total. The molecule has 0 spiro atoms. The fourth-order valence-electron chi connectivity index (χ4n) is 3.24. The van der Waals surface area contributed by atoms with E-state index in [-0.39, 0.29) is 0 Å². The van der Waals surface area contributed by atoms with Crippen molar-refractivity contribution in [1.82, 2.24) is 19.9 Å². The average molecular weight is 319 g/mol. The molecule has 5 heteroatoms. The molecule has 1 aromatic carbocycles. The lowest BCUT2D eigenvalue weighted by atomic mass is 10.1. The molecule has 2 aromatic heterocycles. The van der Waals surface area contributed by atoms with E-state index in [4.69, 9.17) is 0 Å². The number of fused-ring (bicyclic) bond motifs is 1. The van der Waals surface area contributed by atoms with Crippen molar-refractivity contribution in [2.45, 2.75) is 18.9 Å². The van der Waals surface area contributed by atoms with Gasteiger partial charge in [-0.05, 0) is 36.9 Å². The number of rotatable bonds is 4. The van der Waals surface area contributed by atoms with Gasteiger partial charge in [-0.15, -0.1) is 0 Å². The maximum atomic E-state index is 4.51. The Morgan fingerprint density at radius 1 is 1.29 bits per heavy atom. The lowest BCUT2D eigenvalue weighted by Crippen LogP contribution is -2.26. The van der Waals surface area contributed by atoms with Crippen molar-refractivity contribution in [1.29, 1.82) is 0 Å². The molecule has 1 saturated heterocycles. The SMILES string of the molecule is C=C(Nc1cc2cc(-c3cncn3C)ccc2cn1)C1CCCN1. The minimum Gasteiger partial charge on any atom is -0.343 e. The number of anilines is 1. The quantitative estimate of drug-likeness (QED) is 0.774. The van der Waals surface area contributed by atoms with Gasteiger partial charge in [0.05, 0.1) is 18.2 Å². The number of hydrogen-bond donors (Lipinski definition) is 2. The van der Waals surface area contributed by atoms with Crippen molar-refractivity contribution in [2.24, 2.45) is 7.05 Å². The Labute approximate surface area is 141 Å². The van der Waals surface area contributed by atoms with Crippen molar-refractivity contribution < 1.29 is 0 Å². The largest absolute Gasteiger partial charge is 0.343 e. The monoisotopic (exact) mass is 319 g/mol. The van der Waals surface area contributed by atoms with Gasteiger partial charge in [0, 0.05) is 35.9 Å². The number of imidazole rings is 1. The van der Waals surface area contributed by atoms with Gasteiger partial charge in [-0.1, -0.05) is 18.7 Å². The molecule has 2 N–H and O–H groups in total.